The average Bonchev–Trinajstić information content (AvgIpc) is 2.49. The topological polar surface area (TPSA) is 60.8 Å². The Bertz CT molecular complexity index is 684. The lowest BCUT2D eigenvalue weighted by molar-refractivity contribution is -0.145. The zero-order chi connectivity index (χ0) is 15.7. The molecule has 1 unspecified atom stereocenters. The molecule has 0 bridgehead atoms. The summed E-state index contributed by atoms with van der Waals surface area (Å²) in [6, 6.07) is 14.3. The molecule has 2 aromatic carbocycles. The number of aromatic hydroxyl groups is 1. The molecule has 2 aromatic rings. The number of carbonyl (C=O) groups is 1. The first-order chi connectivity index (χ1) is 10.6. The maximum absolute atomic E-state index is 11.9. The molecule has 114 valence electrons. The van der Waals surface area contributed by atoms with E-state index in [-0.39, 0.29) is 11.8 Å². The summed E-state index contributed by atoms with van der Waals surface area (Å²) in [4.78, 5) is 13.8. The summed E-state index contributed by atoms with van der Waals surface area (Å²) in [7, 11) is 0. The molecule has 0 spiro atoms. The molecule has 0 radical (unpaired) electrons. The third-order valence-electron chi connectivity index (χ3n) is 4.28. The van der Waals surface area contributed by atoms with Crippen molar-refractivity contribution >= 4 is 5.97 Å². The largest absolute Gasteiger partial charge is 0.508 e. The fourth-order valence-electron chi connectivity index (χ4n) is 3.21. The zero-order valence-corrected chi connectivity index (χ0v) is 12.4. The van der Waals surface area contributed by atoms with Gasteiger partial charge in [-0.15, -0.1) is 0 Å². The van der Waals surface area contributed by atoms with E-state index in [1.54, 1.807) is 12.1 Å². The highest BCUT2D eigenvalue weighted by molar-refractivity contribution is 5.77. The van der Waals surface area contributed by atoms with E-state index in [1.807, 2.05) is 41.3 Å². The van der Waals surface area contributed by atoms with Gasteiger partial charge >= 0.3 is 5.97 Å². The fraction of sp³-hybridized carbons (Fsp3) is 0.278. The molecule has 22 heavy (non-hydrogen) atoms. The number of hydrogen-bond donors (Lipinski definition) is 2. The van der Waals surface area contributed by atoms with Crippen LogP contribution in [-0.4, -0.2) is 27.1 Å². The Labute approximate surface area is 129 Å². The monoisotopic (exact) mass is 297 g/mol. The van der Waals surface area contributed by atoms with Gasteiger partial charge in [0.15, 0.2) is 0 Å². The summed E-state index contributed by atoms with van der Waals surface area (Å²) in [6.45, 7) is 2.63. The van der Waals surface area contributed by atoms with Crippen LogP contribution in [0.5, 0.6) is 5.75 Å². The van der Waals surface area contributed by atoms with E-state index >= 15 is 0 Å². The van der Waals surface area contributed by atoms with Crippen molar-refractivity contribution in [2.75, 3.05) is 0 Å². The molecule has 2 atom stereocenters. The number of rotatable bonds is 3. The number of phenolic OH excluding ortho intramolecular Hbond substituents is 1. The lowest BCUT2D eigenvalue weighted by Crippen LogP contribution is -2.44. The van der Waals surface area contributed by atoms with Gasteiger partial charge in [-0.25, -0.2) is 0 Å². The molecule has 1 heterocycles. The number of benzene rings is 2. The second kappa shape index (κ2) is 5.81. The number of phenols is 1. The van der Waals surface area contributed by atoms with Crippen LogP contribution >= 0.6 is 0 Å². The molecule has 1 aliphatic heterocycles. The van der Waals surface area contributed by atoms with E-state index in [4.69, 9.17) is 0 Å². The lowest BCUT2D eigenvalue weighted by atomic mass is 9.88. The van der Waals surface area contributed by atoms with Crippen molar-refractivity contribution in [1.82, 2.24) is 4.90 Å². The van der Waals surface area contributed by atoms with Gasteiger partial charge in [-0.2, -0.15) is 0 Å². The average molecular weight is 297 g/mol. The fourth-order valence-corrected chi connectivity index (χ4v) is 3.21. The Kier molecular flexibility index (Phi) is 3.86. The summed E-state index contributed by atoms with van der Waals surface area (Å²) in [5, 5.41) is 19.4. The molecule has 4 heteroatoms. The molecule has 0 aliphatic carbocycles. The molecule has 3 rings (SSSR count). The van der Waals surface area contributed by atoms with Crippen LogP contribution in [0.1, 0.15) is 29.7 Å². The van der Waals surface area contributed by atoms with Gasteiger partial charge in [0, 0.05) is 12.6 Å². The van der Waals surface area contributed by atoms with Crippen molar-refractivity contribution in [1.29, 1.82) is 0 Å². The Hall–Kier alpha value is -2.33. The van der Waals surface area contributed by atoms with E-state index in [2.05, 4.69) is 6.92 Å². The predicted molar refractivity (Wildman–Crippen MR) is 83.6 cm³/mol. The summed E-state index contributed by atoms with van der Waals surface area (Å²) in [5.41, 5.74) is 2.78. The van der Waals surface area contributed by atoms with Crippen molar-refractivity contribution in [2.24, 2.45) is 0 Å². The Morgan fingerprint density at radius 3 is 2.64 bits per heavy atom. The Morgan fingerprint density at radius 2 is 1.95 bits per heavy atom. The third-order valence-corrected chi connectivity index (χ3v) is 4.28. The van der Waals surface area contributed by atoms with Gasteiger partial charge in [-0.1, -0.05) is 36.4 Å². The van der Waals surface area contributed by atoms with Crippen LogP contribution in [0.25, 0.3) is 0 Å². The highest BCUT2D eigenvalue weighted by atomic mass is 16.4. The molecular weight excluding hydrogens is 278 g/mol. The maximum Gasteiger partial charge on any atom is 0.325 e. The molecular formula is C18H19NO3. The number of nitrogens with zero attached hydrogens (tertiary/aromatic N) is 1. The van der Waals surface area contributed by atoms with Crippen molar-refractivity contribution in [2.45, 2.75) is 32.0 Å². The first-order valence-corrected chi connectivity index (χ1v) is 7.40. The van der Waals surface area contributed by atoms with Crippen LogP contribution in [0.3, 0.4) is 0 Å². The van der Waals surface area contributed by atoms with Gasteiger partial charge in [0.25, 0.3) is 0 Å². The predicted octanol–water partition coefficient (Wildman–Crippen LogP) is 2.96. The summed E-state index contributed by atoms with van der Waals surface area (Å²) in [5.74, 6) is -0.770. The van der Waals surface area contributed by atoms with E-state index in [9.17, 15) is 15.0 Å². The van der Waals surface area contributed by atoms with Crippen LogP contribution in [0, 0.1) is 0 Å². The number of aliphatic carboxylic acids is 1. The van der Waals surface area contributed by atoms with Crippen LogP contribution in [0.2, 0.25) is 0 Å². The third kappa shape index (κ3) is 2.70. The molecule has 0 saturated heterocycles. The van der Waals surface area contributed by atoms with Gasteiger partial charge in [-0.3, -0.25) is 9.69 Å². The van der Waals surface area contributed by atoms with Gasteiger partial charge in [0.2, 0.25) is 0 Å². The van der Waals surface area contributed by atoms with Crippen molar-refractivity contribution in [3.63, 3.8) is 0 Å². The first kappa shape index (κ1) is 14.6. The van der Waals surface area contributed by atoms with E-state index < -0.39 is 12.0 Å². The highest BCUT2D eigenvalue weighted by Crippen LogP contribution is 2.36. The summed E-state index contributed by atoms with van der Waals surface area (Å²) >= 11 is 0. The minimum absolute atomic E-state index is 0.110. The van der Waals surface area contributed by atoms with Crippen molar-refractivity contribution in [3.05, 3.63) is 65.2 Å². The van der Waals surface area contributed by atoms with E-state index in [1.165, 1.54) is 0 Å². The van der Waals surface area contributed by atoms with Gasteiger partial charge < -0.3 is 10.2 Å². The maximum atomic E-state index is 11.9. The Morgan fingerprint density at radius 1 is 1.23 bits per heavy atom. The highest BCUT2D eigenvalue weighted by Gasteiger charge is 2.36. The standard InChI is InChI=1S/C18H19NO3/c1-12-9-14-7-8-15(20)10-16(14)17(18(21)22)19(12)11-13-5-3-2-4-6-13/h2-8,10,12,17,20H,9,11H2,1H3,(H,21,22)/t12-,17?/m0/s1. The van der Waals surface area contributed by atoms with Crippen molar-refractivity contribution in [3.8, 4) is 5.75 Å². The lowest BCUT2D eigenvalue weighted by Gasteiger charge is -2.39. The van der Waals surface area contributed by atoms with Crippen molar-refractivity contribution < 1.29 is 15.0 Å². The molecule has 0 fully saturated rings. The number of carboxylic acids is 1. The van der Waals surface area contributed by atoms with Crippen LogP contribution in [0.15, 0.2) is 48.5 Å². The van der Waals surface area contributed by atoms with Crippen LogP contribution < -0.4 is 0 Å². The molecule has 0 saturated carbocycles. The number of hydrogen-bond acceptors (Lipinski definition) is 3. The summed E-state index contributed by atoms with van der Waals surface area (Å²) < 4.78 is 0. The van der Waals surface area contributed by atoms with E-state index in [0.29, 0.717) is 12.1 Å². The second-order valence-corrected chi connectivity index (χ2v) is 5.83. The molecule has 1 aliphatic rings. The first-order valence-electron chi connectivity index (χ1n) is 7.40. The minimum atomic E-state index is -0.880. The molecule has 2 N–H and O–H groups in total. The second-order valence-electron chi connectivity index (χ2n) is 5.83. The summed E-state index contributed by atoms with van der Waals surface area (Å²) in [6.07, 6.45) is 0.784. The smallest absolute Gasteiger partial charge is 0.325 e. The van der Waals surface area contributed by atoms with E-state index in [0.717, 1.165) is 17.5 Å². The quantitative estimate of drug-likeness (QED) is 0.914. The van der Waals surface area contributed by atoms with Gasteiger partial charge in [0.1, 0.15) is 11.8 Å². The number of carboxylic acid groups (broad SMARTS) is 1. The van der Waals surface area contributed by atoms with Crippen LogP contribution in [-0.2, 0) is 17.8 Å². The minimum Gasteiger partial charge on any atom is -0.508 e. The van der Waals surface area contributed by atoms with Crippen LogP contribution in [0.4, 0.5) is 0 Å². The van der Waals surface area contributed by atoms with Gasteiger partial charge in [-0.05, 0) is 42.2 Å². The zero-order valence-electron chi connectivity index (χ0n) is 12.4. The molecule has 4 nitrogen and oxygen atoms in total. The Balaban J connectivity index is 2.00. The SMILES string of the molecule is C[C@H]1Cc2ccc(O)cc2C(C(=O)O)N1Cc1ccccc1. The normalized spacial score (nSPS) is 21.3. The number of fused-ring (bicyclic) bond motifs is 1. The van der Waals surface area contributed by atoms with Gasteiger partial charge in [0.05, 0.1) is 0 Å². The molecule has 0 amide bonds. The molecule has 0 aromatic heterocycles.